The molecule has 0 radical (unpaired) electrons. The zero-order valence-electron chi connectivity index (χ0n) is 10.4. The van der Waals surface area contributed by atoms with Crippen LogP contribution in [0.1, 0.15) is 16.1 Å². The summed E-state index contributed by atoms with van der Waals surface area (Å²) in [6.45, 7) is 0. The van der Waals surface area contributed by atoms with Crippen molar-refractivity contribution >= 4 is 22.5 Å². The molecular formula is C15H10N4O. The Kier molecular flexibility index (Phi) is 2.90. The molecule has 1 aromatic carbocycles. The van der Waals surface area contributed by atoms with Gasteiger partial charge in [0.25, 0.3) is 5.91 Å². The molecule has 0 aliphatic rings. The molecule has 0 spiro atoms. The Morgan fingerprint density at radius 1 is 1.30 bits per heavy atom. The summed E-state index contributed by atoms with van der Waals surface area (Å²) >= 11 is 0. The number of nitrogens with one attached hydrogen (secondary N) is 2. The fraction of sp³-hybridized carbons (Fsp3) is 0. The average molecular weight is 262 g/mol. The van der Waals surface area contributed by atoms with Gasteiger partial charge in [-0.05, 0) is 18.2 Å². The number of rotatable bonds is 2. The molecule has 0 saturated carbocycles. The van der Waals surface area contributed by atoms with Crippen LogP contribution in [-0.4, -0.2) is 15.9 Å². The second-order valence-corrected chi connectivity index (χ2v) is 4.26. The SMILES string of the molecule is N#Cc1cnccc1NC(=O)c1cc2ccccc2[nH]1. The van der Waals surface area contributed by atoms with Gasteiger partial charge in [0.2, 0.25) is 0 Å². The van der Waals surface area contributed by atoms with Gasteiger partial charge in [0.05, 0.1) is 11.3 Å². The lowest BCUT2D eigenvalue weighted by molar-refractivity contribution is 0.102. The number of aromatic nitrogens is 2. The van der Waals surface area contributed by atoms with E-state index < -0.39 is 0 Å². The maximum atomic E-state index is 12.2. The zero-order chi connectivity index (χ0) is 13.9. The highest BCUT2D eigenvalue weighted by Gasteiger charge is 2.11. The number of pyridine rings is 1. The molecule has 0 saturated heterocycles. The first-order valence-electron chi connectivity index (χ1n) is 6.01. The molecule has 5 heteroatoms. The van der Waals surface area contributed by atoms with E-state index in [9.17, 15) is 4.79 Å². The van der Waals surface area contributed by atoms with Gasteiger partial charge < -0.3 is 10.3 Å². The van der Waals surface area contributed by atoms with Crippen molar-refractivity contribution in [3.8, 4) is 6.07 Å². The molecule has 1 amide bonds. The standard InChI is InChI=1S/C15H10N4O/c16-8-11-9-17-6-5-13(11)19-15(20)14-7-10-3-1-2-4-12(10)18-14/h1-7,9,18H,(H,17,19,20). The maximum absolute atomic E-state index is 12.2. The highest BCUT2D eigenvalue weighted by molar-refractivity contribution is 6.06. The van der Waals surface area contributed by atoms with Crippen LogP contribution in [-0.2, 0) is 0 Å². The number of benzene rings is 1. The van der Waals surface area contributed by atoms with Gasteiger partial charge >= 0.3 is 0 Å². The molecule has 96 valence electrons. The normalized spacial score (nSPS) is 10.2. The lowest BCUT2D eigenvalue weighted by atomic mass is 10.2. The number of anilines is 1. The highest BCUT2D eigenvalue weighted by atomic mass is 16.1. The Bertz CT molecular complexity index is 796. The molecule has 0 bridgehead atoms. The molecule has 3 rings (SSSR count). The predicted octanol–water partition coefficient (Wildman–Crippen LogP) is 2.69. The van der Waals surface area contributed by atoms with Crippen molar-refractivity contribution in [1.82, 2.24) is 9.97 Å². The summed E-state index contributed by atoms with van der Waals surface area (Å²) < 4.78 is 0. The van der Waals surface area contributed by atoms with Gasteiger partial charge in [0.1, 0.15) is 11.8 Å². The Morgan fingerprint density at radius 3 is 2.95 bits per heavy atom. The van der Waals surface area contributed by atoms with Crippen molar-refractivity contribution < 1.29 is 4.79 Å². The number of nitrogens with zero attached hydrogens (tertiary/aromatic N) is 2. The van der Waals surface area contributed by atoms with E-state index in [1.807, 2.05) is 30.3 Å². The molecule has 0 fully saturated rings. The van der Waals surface area contributed by atoms with E-state index in [0.717, 1.165) is 10.9 Å². The van der Waals surface area contributed by atoms with E-state index in [1.54, 1.807) is 12.1 Å². The lowest BCUT2D eigenvalue weighted by Crippen LogP contribution is -2.13. The topological polar surface area (TPSA) is 81.6 Å². The summed E-state index contributed by atoms with van der Waals surface area (Å²) in [5.41, 5.74) is 2.13. The van der Waals surface area contributed by atoms with Gasteiger partial charge in [-0.2, -0.15) is 5.26 Å². The van der Waals surface area contributed by atoms with Crippen molar-refractivity contribution in [2.75, 3.05) is 5.32 Å². The largest absolute Gasteiger partial charge is 0.351 e. The second kappa shape index (κ2) is 4.86. The van der Waals surface area contributed by atoms with Crippen molar-refractivity contribution in [3.05, 3.63) is 60.0 Å². The minimum atomic E-state index is -0.288. The molecule has 0 aliphatic carbocycles. The summed E-state index contributed by atoms with van der Waals surface area (Å²) in [6, 6.07) is 13.0. The van der Waals surface area contributed by atoms with E-state index in [0.29, 0.717) is 16.9 Å². The number of para-hydroxylation sites is 1. The van der Waals surface area contributed by atoms with Crippen LogP contribution in [0.5, 0.6) is 0 Å². The smallest absolute Gasteiger partial charge is 0.272 e. The third kappa shape index (κ3) is 2.10. The molecule has 20 heavy (non-hydrogen) atoms. The third-order valence-electron chi connectivity index (χ3n) is 2.96. The fourth-order valence-electron chi connectivity index (χ4n) is 1.98. The van der Waals surface area contributed by atoms with E-state index in [2.05, 4.69) is 15.3 Å². The lowest BCUT2D eigenvalue weighted by Gasteiger charge is -2.04. The van der Waals surface area contributed by atoms with E-state index in [-0.39, 0.29) is 5.91 Å². The average Bonchev–Trinajstić information content (AvgIpc) is 2.92. The van der Waals surface area contributed by atoms with Gasteiger partial charge in [0.15, 0.2) is 0 Å². The minimum Gasteiger partial charge on any atom is -0.351 e. The van der Waals surface area contributed by atoms with Crippen molar-refractivity contribution in [1.29, 1.82) is 5.26 Å². The summed E-state index contributed by atoms with van der Waals surface area (Å²) in [7, 11) is 0. The minimum absolute atomic E-state index is 0.288. The Hall–Kier alpha value is -3.13. The number of carbonyl (C=O) groups is 1. The molecule has 0 aliphatic heterocycles. The fourth-order valence-corrected chi connectivity index (χ4v) is 1.98. The Labute approximate surface area is 114 Å². The van der Waals surface area contributed by atoms with Crippen LogP contribution in [0.2, 0.25) is 0 Å². The van der Waals surface area contributed by atoms with Crippen molar-refractivity contribution in [2.45, 2.75) is 0 Å². The van der Waals surface area contributed by atoms with Crippen LogP contribution in [0.4, 0.5) is 5.69 Å². The number of H-pyrrole nitrogens is 1. The molecule has 2 aromatic heterocycles. The zero-order valence-corrected chi connectivity index (χ0v) is 10.4. The molecule has 2 N–H and O–H groups in total. The maximum Gasteiger partial charge on any atom is 0.272 e. The molecule has 5 nitrogen and oxygen atoms in total. The van der Waals surface area contributed by atoms with Crippen LogP contribution < -0.4 is 5.32 Å². The van der Waals surface area contributed by atoms with Gasteiger partial charge in [-0.1, -0.05) is 18.2 Å². The van der Waals surface area contributed by atoms with Crippen LogP contribution in [0.3, 0.4) is 0 Å². The predicted molar refractivity (Wildman–Crippen MR) is 75.2 cm³/mol. The summed E-state index contributed by atoms with van der Waals surface area (Å²) in [6.07, 6.45) is 2.95. The number of hydrogen-bond acceptors (Lipinski definition) is 3. The van der Waals surface area contributed by atoms with E-state index >= 15 is 0 Å². The van der Waals surface area contributed by atoms with Gasteiger partial charge in [-0.3, -0.25) is 9.78 Å². The van der Waals surface area contributed by atoms with Gasteiger partial charge in [-0.25, -0.2) is 0 Å². The quantitative estimate of drug-likeness (QED) is 0.745. The van der Waals surface area contributed by atoms with Crippen LogP contribution >= 0.6 is 0 Å². The number of carbonyl (C=O) groups excluding carboxylic acids is 1. The van der Waals surface area contributed by atoms with Crippen molar-refractivity contribution in [3.63, 3.8) is 0 Å². The van der Waals surface area contributed by atoms with Crippen LogP contribution in [0.15, 0.2) is 48.8 Å². The van der Waals surface area contributed by atoms with Crippen LogP contribution in [0, 0.1) is 11.3 Å². The third-order valence-corrected chi connectivity index (χ3v) is 2.96. The first-order valence-corrected chi connectivity index (χ1v) is 6.01. The molecular weight excluding hydrogens is 252 g/mol. The van der Waals surface area contributed by atoms with E-state index in [1.165, 1.54) is 12.4 Å². The number of fused-ring (bicyclic) bond motifs is 1. The monoisotopic (exact) mass is 262 g/mol. The van der Waals surface area contributed by atoms with E-state index in [4.69, 9.17) is 5.26 Å². The summed E-state index contributed by atoms with van der Waals surface area (Å²) in [5, 5.41) is 12.6. The number of hydrogen-bond donors (Lipinski definition) is 2. The number of nitriles is 1. The first-order chi connectivity index (χ1) is 9.78. The van der Waals surface area contributed by atoms with Gasteiger partial charge in [0, 0.05) is 23.3 Å². The Morgan fingerprint density at radius 2 is 2.15 bits per heavy atom. The Balaban J connectivity index is 1.91. The molecule has 2 heterocycles. The number of amides is 1. The first kappa shape index (κ1) is 11.9. The summed E-state index contributed by atoms with van der Waals surface area (Å²) in [4.78, 5) is 19.1. The summed E-state index contributed by atoms with van der Waals surface area (Å²) in [5.74, 6) is -0.288. The molecule has 3 aromatic rings. The molecule has 0 unspecified atom stereocenters. The second-order valence-electron chi connectivity index (χ2n) is 4.26. The highest BCUT2D eigenvalue weighted by Crippen LogP contribution is 2.17. The van der Waals surface area contributed by atoms with Crippen molar-refractivity contribution in [2.24, 2.45) is 0 Å². The molecule has 0 atom stereocenters. The van der Waals surface area contributed by atoms with Gasteiger partial charge in [-0.15, -0.1) is 0 Å². The van der Waals surface area contributed by atoms with Crippen LogP contribution in [0.25, 0.3) is 10.9 Å². The number of aromatic amines is 1.